The molecule has 0 amide bonds. The van der Waals surface area contributed by atoms with Crippen molar-refractivity contribution in [2.45, 2.75) is 0 Å². The Labute approximate surface area is 98.8 Å². The number of hydrogen-bond acceptors (Lipinski definition) is 4. The van der Waals surface area contributed by atoms with Gasteiger partial charge in [-0.05, 0) is 28.1 Å². The molecular weight excluding hydrogens is 272 g/mol. The summed E-state index contributed by atoms with van der Waals surface area (Å²) in [5, 5.41) is 0. The number of benzene rings is 1. The molecule has 0 saturated heterocycles. The molecule has 80 valence electrons. The van der Waals surface area contributed by atoms with Gasteiger partial charge in [0.1, 0.15) is 15.8 Å². The molecule has 0 bridgehead atoms. The van der Waals surface area contributed by atoms with Crippen molar-refractivity contribution in [1.29, 1.82) is 0 Å². The van der Waals surface area contributed by atoms with Gasteiger partial charge in [-0.2, -0.15) is 0 Å². The van der Waals surface area contributed by atoms with Gasteiger partial charge < -0.3 is 15.1 Å². The van der Waals surface area contributed by atoms with Crippen LogP contribution in [0.3, 0.4) is 0 Å². The number of nitrogens with zero attached hydrogens (tertiary/aromatic N) is 2. The molecule has 0 atom stereocenters. The Morgan fingerprint density at radius 1 is 1.38 bits per heavy atom. The highest BCUT2D eigenvalue weighted by Crippen LogP contribution is 2.28. The average molecular weight is 279 g/mol. The number of oxazole rings is 1. The minimum absolute atomic E-state index is 0.375. The Morgan fingerprint density at radius 3 is 3.00 bits per heavy atom. The molecule has 5 nitrogen and oxygen atoms in total. The van der Waals surface area contributed by atoms with Crippen LogP contribution in [0.5, 0.6) is 0 Å². The fourth-order valence-corrected chi connectivity index (χ4v) is 2.08. The minimum Gasteiger partial charge on any atom is -0.443 e. The first-order chi connectivity index (χ1) is 7.74. The molecule has 0 aliphatic carbocycles. The van der Waals surface area contributed by atoms with Crippen LogP contribution >= 0.6 is 15.9 Å². The highest BCUT2D eigenvalue weighted by Gasteiger charge is 2.10. The third-order valence-electron chi connectivity index (χ3n) is 2.28. The van der Waals surface area contributed by atoms with E-state index in [4.69, 9.17) is 10.2 Å². The van der Waals surface area contributed by atoms with Gasteiger partial charge in [0.15, 0.2) is 17.9 Å². The van der Waals surface area contributed by atoms with Gasteiger partial charge in [-0.15, -0.1) is 0 Å². The third-order valence-corrected chi connectivity index (χ3v) is 2.86. The number of fused-ring (bicyclic) bond motifs is 1. The summed E-state index contributed by atoms with van der Waals surface area (Å²) in [4.78, 5) is 11.1. The predicted octanol–water partition coefficient (Wildman–Crippen LogP) is 2.56. The van der Waals surface area contributed by atoms with E-state index < -0.39 is 0 Å². The van der Waals surface area contributed by atoms with Gasteiger partial charge in [0, 0.05) is 5.56 Å². The maximum Gasteiger partial charge on any atom is 0.198 e. The van der Waals surface area contributed by atoms with Crippen LogP contribution in [0.2, 0.25) is 0 Å². The molecule has 3 rings (SSSR count). The molecule has 0 aliphatic rings. The Bertz CT molecular complexity index is 658. The topological polar surface area (TPSA) is 80.7 Å². The molecule has 2 aromatic heterocycles. The van der Waals surface area contributed by atoms with Crippen molar-refractivity contribution in [3.63, 3.8) is 0 Å². The largest absolute Gasteiger partial charge is 0.443 e. The first-order valence-electron chi connectivity index (χ1n) is 4.58. The fraction of sp³-hybridized carbons (Fsp3) is 0. The molecule has 3 aromatic rings. The summed E-state index contributed by atoms with van der Waals surface area (Å²) in [6.45, 7) is 0. The number of H-pyrrole nitrogens is 1. The number of aromatic nitrogens is 3. The van der Waals surface area contributed by atoms with Gasteiger partial charge in [-0.25, -0.2) is 9.97 Å². The van der Waals surface area contributed by atoms with Crippen molar-refractivity contribution < 1.29 is 4.42 Å². The number of nitrogens with two attached hydrogens (primary N) is 1. The molecule has 0 radical (unpaired) electrons. The van der Waals surface area contributed by atoms with Crippen LogP contribution in [0, 0.1) is 0 Å². The van der Waals surface area contributed by atoms with Crippen LogP contribution in [0.25, 0.3) is 22.4 Å². The van der Waals surface area contributed by atoms with Crippen LogP contribution in [0.4, 0.5) is 5.95 Å². The van der Waals surface area contributed by atoms with Gasteiger partial charge in [-0.3, -0.25) is 0 Å². The van der Waals surface area contributed by atoms with Crippen molar-refractivity contribution >= 4 is 33.0 Å². The maximum atomic E-state index is 5.58. The first-order valence-corrected chi connectivity index (χ1v) is 5.38. The van der Waals surface area contributed by atoms with Crippen molar-refractivity contribution in [3.8, 4) is 11.3 Å². The first kappa shape index (κ1) is 9.41. The van der Waals surface area contributed by atoms with Gasteiger partial charge >= 0.3 is 0 Å². The predicted molar refractivity (Wildman–Crippen MR) is 63.7 cm³/mol. The smallest absolute Gasteiger partial charge is 0.198 e. The van der Waals surface area contributed by atoms with Crippen LogP contribution in [0.15, 0.2) is 33.6 Å². The van der Waals surface area contributed by atoms with Gasteiger partial charge in [0.25, 0.3) is 0 Å². The zero-order valence-electron chi connectivity index (χ0n) is 8.07. The summed E-state index contributed by atoms with van der Waals surface area (Å²) < 4.78 is 5.98. The molecule has 0 fully saturated rings. The van der Waals surface area contributed by atoms with Crippen molar-refractivity contribution in [2.24, 2.45) is 0 Å². The Morgan fingerprint density at radius 2 is 2.25 bits per heavy atom. The number of rotatable bonds is 1. The van der Waals surface area contributed by atoms with Crippen molar-refractivity contribution in [3.05, 3.63) is 29.2 Å². The van der Waals surface area contributed by atoms with Gasteiger partial charge in [0.2, 0.25) is 0 Å². The van der Waals surface area contributed by atoms with Crippen molar-refractivity contribution in [1.82, 2.24) is 15.0 Å². The number of nitrogen functional groups attached to an aromatic ring is 1. The zero-order valence-corrected chi connectivity index (χ0v) is 9.65. The fourth-order valence-electron chi connectivity index (χ4n) is 1.56. The number of halogens is 1. The highest BCUT2D eigenvalue weighted by molar-refractivity contribution is 9.10. The van der Waals surface area contributed by atoms with E-state index in [0.717, 1.165) is 27.0 Å². The lowest BCUT2D eigenvalue weighted by atomic mass is 10.1. The van der Waals surface area contributed by atoms with E-state index >= 15 is 0 Å². The Hall–Kier alpha value is -1.82. The molecular formula is C10H7BrN4O. The number of hydrogen-bond donors (Lipinski definition) is 2. The molecule has 0 unspecified atom stereocenters. The Balaban J connectivity index is 2.21. The monoisotopic (exact) mass is 278 g/mol. The minimum atomic E-state index is 0.375. The number of anilines is 1. The normalized spacial score (nSPS) is 11.1. The molecule has 0 aliphatic heterocycles. The van der Waals surface area contributed by atoms with E-state index in [2.05, 4.69) is 30.9 Å². The SMILES string of the molecule is Nc1nc(-c2ccc3ncoc3c2)c(Br)[nH]1. The standard InChI is InChI=1S/C10H7BrN4O/c11-9-8(14-10(12)15-9)5-1-2-6-7(3-5)16-4-13-6/h1-4H,(H3,12,14,15). The van der Waals surface area contributed by atoms with Crippen LogP contribution in [0.1, 0.15) is 0 Å². The summed E-state index contributed by atoms with van der Waals surface area (Å²) in [5.74, 6) is 0.375. The maximum absolute atomic E-state index is 5.58. The number of nitrogens with one attached hydrogen (secondary N) is 1. The molecule has 1 aromatic carbocycles. The van der Waals surface area contributed by atoms with Gasteiger partial charge in [-0.1, -0.05) is 6.07 Å². The van der Waals surface area contributed by atoms with E-state index in [1.165, 1.54) is 6.39 Å². The van der Waals surface area contributed by atoms with E-state index in [-0.39, 0.29) is 0 Å². The van der Waals surface area contributed by atoms with E-state index in [1.807, 2.05) is 18.2 Å². The van der Waals surface area contributed by atoms with E-state index in [1.54, 1.807) is 0 Å². The summed E-state index contributed by atoms with van der Waals surface area (Å²) in [7, 11) is 0. The lowest BCUT2D eigenvalue weighted by molar-refractivity contribution is 0.602. The lowest BCUT2D eigenvalue weighted by Crippen LogP contribution is -1.85. The molecule has 3 N–H and O–H groups in total. The molecule has 6 heteroatoms. The van der Waals surface area contributed by atoms with Crippen LogP contribution in [-0.2, 0) is 0 Å². The lowest BCUT2D eigenvalue weighted by Gasteiger charge is -1.96. The van der Waals surface area contributed by atoms with Crippen LogP contribution in [-0.4, -0.2) is 15.0 Å². The summed E-state index contributed by atoms with van der Waals surface area (Å²) in [6.07, 6.45) is 1.42. The molecule has 0 spiro atoms. The summed E-state index contributed by atoms with van der Waals surface area (Å²) in [5.41, 5.74) is 8.81. The third kappa shape index (κ3) is 1.38. The zero-order chi connectivity index (χ0) is 11.1. The second-order valence-electron chi connectivity index (χ2n) is 3.32. The van der Waals surface area contributed by atoms with E-state index in [9.17, 15) is 0 Å². The average Bonchev–Trinajstić information content (AvgIpc) is 2.83. The number of aromatic amines is 1. The van der Waals surface area contributed by atoms with Crippen LogP contribution < -0.4 is 5.73 Å². The van der Waals surface area contributed by atoms with Crippen molar-refractivity contribution in [2.75, 3.05) is 5.73 Å². The van der Waals surface area contributed by atoms with Gasteiger partial charge in [0.05, 0.1) is 0 Å². The molecule has 16 heavy (non-hydrogen) atoms. The second-order valence-corrected chi connectivity index (χ2v) is 4.11. The highest BCUT2D eigenvalue weighted by atomic mass is 79.9. The Kier molecular flexibility index (Phi) is 1.97. The molecule has 2 heterocycles. The summed E-state index contributed by atoms with van der Waals surface area (Å²) in [6, 6.07) is 5.68. The quantitative estimate of drug-likeness (QED) is 0.717. The number of imidazole rings is 1. The second kappa shape index (κ2) is 3.34. The summed E-state index contributed by atoms with van der Waals surface area (Å²) >= 11 is 3.36. The molecule has 0 saturated carbocycles. The van der Waals surface area contributed by atoms with E-state index in [0.29, 0.717) is 5.95 Å².